The molecule has 0 aliphatic carbocycles. The molecule has 4 nitrogen and oxygen atoms in total. The lowest BCUT2D eigenvalue weighted by Gasteiger charge is -2.33. The van der Waals surface area contributed by atoms with E-state index in [-0.39, 0.29) is 0 Å². The van der Waals surface area contributed by atoms with E-state index in [0.29, 0.717) is 6.04 Å². The minimum Gasteiger partial charge on any atom is -0.364 e. The summed E-state index contributed by atoms with van der Waals surface area (Å²) in [6.45, 7) is 4.04. The third-order valence-electron chi connectivity index (χ3n) is 3.54. The molecule has 1 aromatic heterocycles. The van der Waals surface area contributed by atoms with Crippen LogP contribution in [0.3, 0.4) is 0 Å². The van der Waals surface area contributed by atoms with Gasteiger partial charge in [-0.15, -0.1) is 0 Å². The van der Waals surface area contributed by atoms with Gasteiger partial charge in [0, 0.05) is 38.3 Å². The van der Waals surface area contributed by atoms with Gasteiger partial charge in [-0.2, -0.15) is 0 Å². The molecule has 2 heterocycles. The van der Waals surface area contributed by atoms with Crippen molar-refractivity contribution in [3.63, 3.8) is 0 Å². The normalized spacial score (nSPS) is 20.5. The van der Waals surface area contributed by atoms with E-state index in [1.807, 2.05) is 6.07 Å². The zero-order valence-corrected chi connectivity index (χ0v) is 11.0. The maximum atomic E-state index is 4.89. The van der Waals surface area contributed by atoms with Crippen LogP contribution >= 0.6 is 0 Å². The zero-order valence-electron chi connectivity index (χ0n) is 11.0. The maximum Gasteiger partial charge on any atom is 0.124 e. The molecule has 1 aromatic carbocycles. The molecule has 0 saturated carbocycles. The summed E-state index contributed by atoms with van der Waals surface area (Å²) in [5.41, 5.74) is 2.41. The van der Waals surface area contributed by atoms with Gasteiger partial charge in [0.2, 0.25) is 0 Å². The third kappa shape index (κ3) is 3.43. The van der Waals surface area contributed by atoms with Crippen molar-refractivity contribution >= 4 is 0 Å². The topological polar surface area (TPSA) is 41.3 Å². The number of piperazine rings is 1. The second-order valence-electron chi connectivity index (χ2n) is 5.07. The first kappa shape index (κ1) is 12.4. The van der Waals surface area contributed by atoms with E-state index in [9.17, 15) is 0 Å². The Morgan fingerprint density at radius 1 is 1.26 bits per heavy atom. The van der Waals surface area contributed by atoms with Gasteiger partial charge in [-0.3, -0.25) is 4.90 Å². The largest absolute Gasteiger partial charge is 0.364 e. The molecule has 1 saturated heterocycles. The first-order valence-corrected chi connectivity index (χ1v) is 6.79. The maximum absolute atomic E-state index is 4.89. The lowest BCUT2D eigenvalue weighted by Crippen LogP contribution is -2.51. The average Bonchev–Trinajstić information content (AvgIpc) is 2.93. The number of rotatable bonds is 4. The first-order valence-electron chi connectivity index (χ1n) is 6.79. The van der Waals surface area contributed by atoms with E-state index < -0.39 is 0 Å². The Morgan fingerprint density at radius 2 is 2.16 bits per heavy atom. The lowest BCUT2D eigenvalue weighted by atomic mass is 10.0. The smallest absolute Gasteiger partial charge is 0.124 e. The molecule has 1 aliphatic heterocycles. The second-order valence-corrected chi connectivity index (χ2v) is 5.07. The molecule has 0 spiro atoms. The monoisotopic (exact) mass is 257 g/mol. The van der Waals surface area contributed by atoms with E-state index in [1.165, 1.54) is 5.56 Å². The quantitative estimate of drug-likeness (QED) is 0.905. The summed E-state index contributed by atoms with van der Waals surface area (Å²) in [6.07, 6.45) is 2.72. The Bertz CT molecular complexity index is 483. The summed E-state index contributed by atoms with van der Waals surface area (Å²) < 4.78 is 4.89. The van der Waals surface area contributed by atoms with Gasteiger partial charge in [-0.1, -0.05) is 35.5 Å². The summed E-state index contributed by atoms with van der Waals surface area (Å²) in [5, 5.41) is 7.57. The molecule has 4 heteroatoms. The number of aromatic nitrogens is 1. The van der Waals surface area contributed by atoms with Crippen LogP contribution in [0.15, 0.2) is 47.2 Å². The molecular formula is C15H19N3O. The van der Waals surface area contributed by atoms with Crippen LogP contribution in [0.4, 0.5) is 0 Å². The average molecular weight is 257 g/mol. The van der Waals surface area contributed by atoms with Crippen LogP contribution in [-0.4, -0.2) is 35.7 Å². The Balaban J connectivity index is 1.56. The van der Waals surface area contributed by atoms with Crippen LogP contribution in [-0.2, 0) is 13.0 Å². The minimum atomic E-state index is 0.517. The van der Waals surface area contributed by atoms with Gasteiger partial charge < -0.3 is 9.84 Å². The Labute approximate surface area is 113 Å². The molecule has 1 atom stereocenters. The van der Waals surface area contributed by atoms with Crippen LogP contribution < -0.4 is 5.32 Å². The van der Waals surface area contributed by atoms with Crippen LogP contribution in [0.2, 0.25) is 0 Å². The van der Waals surface area contributed by atoms with Crippen LogP contribution in [0.5, 0.6) is 0 Å². The van der Waals surface area contributed by atoms with Crippen molar-refractivity contribution in [3.8, 4) is 0 Å². The minimum absolute atomic E-state index is 0.517. The fourth-order valence-electron chi connectivity index (χ4n) is 2.62. The highest BCUT2D eigenvalue weighted by molar-refractivity contribution is 5.16. The molecule has 0 radical (unpaired) electrons. The summed E-state index contributed by atoms with van der Waals surface area (Å²) in [5.74, 6) is 0. The van der Waals surface area contributed by atoms with Gasteiger partial charge in [0.25, 0.3) is 0 Å². The van der Waals surface area contributed by atoms with E-state index in [0.717, 1.165) is 38.3 Å². The van der Waals surface area contributed by atoms with Crippen molar-refractivity contribution < 1.29 is 4.52 Å². The van der Waals surface area contributed by atoms with E-state index >= 15 is 0 Å². The predicted octanol–water partition coefficient (Wildman–Crippen LogP) is 1.69. The fraction of sp³-hybridized carbons (Fsp3) is 0.400. The molecule has 1 fully saturated rings. The van der Waals surface area contributed by atoms with Gasteiger partial charge in [-0.25, -0.2) is 0 Å². The summed E-state index contributed by atoms with van der Waals surface area (Å²) in [6, 6.07) is 13.1. The summed E-state index contributed by atoms with van der Waals surface area (Å²) >= 11 is 0. The predicted molar refractivity (Wildman–Crippen MR) is 73.7 cm³/mol. The van der Waals surface area contributed by atoms with Crippen LogP contribution in [0.1, 0.15) is 11.3 Å². The number of nitrogens with zero attached hydrogens (tertiary/aromatic N) is 2. The first-order chi connectivity index (χ1) is 9.40. The molecule has 100 valence electrons. The summed E-state index contributed by atoms with van der Waals surface area (Å²) in [4.78, 5) is 2.43. The third-order valence-corrected chi connectivity index (χ3v) is 3.54. The number of benzene rings is 1. The van der Waals surface area contributed by atoms with Gasteiger partial charge >= 0.3 is 0 Å². The van der Waals surface area contributed by atoms with Gasteiger partial charge in [0.05, 0.1) is 5.69 Å². The zero-order chi connectivity index (χ0) is 12.9. The lowest BCUT2D eigenvalue weighted by molar-refractivity contribution is 0.187. The molecule has 1 unspecified atom stereocenters. The van der Waals surface area contributed by atoms with Crippen LogP contribution in [0.25, 0.3) is 0 Å². The van der Waals surface area contributed by atoms with Gasteiger partial charge in [0.15, 0.2) is 0 Å². The number of hydrogen-bond acceptors (Lipinski definition) is 4. The highest BCUT2D eigenvalue weighted by Gasteiger charge is 2.20. The highest BCUT2D eigenvalue weighted by atomic mass is 16.5. The van der Waals surface area contributed by atoms with Crippen molar-refractivity contribution in [3.05, 3.63) is 53.9 Å². The molecule has 0 amide bonds. The van der Waals surface area contributed by atoms with E-state index in [1.54, 1.807) is 6.26 Å². The fourth-order valence-corrected chi connectivity index (χ4v) is 2.62. The van der Waals surface area contributed by atoms with Crippen molar-refractivity contribution in [2.45, 2.75) is 19.0 Å². The Hall–Kier alpha value is -1.65. The standard InChI is InChI=1S/C15H19N3O/c1-2-4-13(5-3-1)10-15-12-18(8-7-16-15)11-14-6-9-19-17-14/h1-6,9,15-16H,7-8,10-12H2. The van der Waals surface area contributed by atoms with Crippen molar-refractivity contribution in [1.82, 2.24) is 15.4 Å². The van der Waals surface area contributed by atoms with Gasteiger partial charge in [-0.05, 0) is 12.0 Å². The molecule has 3 rings (SSSR count). The Morgan fingerprint density at radius 3 is 2.95 bits per heavy atom. The molecule has 0 bridgehead atoms. The molecule has 2 aromatic rings. The van der Waals surface area contributed by atoms with E-state index in [2.05, 4.69) is 45.7 Å². The molecule has 19 heavy (non-hydrogen) atoms. The molecule has 1 aliphatic rings. The highest BCUT2D eigenvalue weighted by Crippen LogP contribution is 2.10. The molecule has 1 N–H and O–H groups in total. The second kappa shape index (κ2) is 5.99. The summed E-state index contributed by atoms with van der Waals surface area (Å²) in [7, 11) is 0. The van der Waals surface area contributed by atoms with Crippen molar-refractivity contribution in [1.29, 1.82) is 0 Å². The SMILES string of the molecule is c1ccc(CC2CN(Cc3ccon3)CCN2)cc1. The van der Waals surface area contributed by atoms with E-state index in [4.69, 9.17) is 4.52 Å². The number of hydrogen-bond donors (Lipinski definition) is 1. The number of nitrogens with one attached hydrogen (secondary N) is 1. The van der Waals surface area contributed by atoms with Crippen molar-refractivity contribution in [2.75, 3.05) is 19.6 Å². The molecular weight excluding hydrogens is 238 g/mol. The van der Waals surface area contributed by atoms with Gasteiger partial charge in [0.1, 0.15) is 6.26 Å². The van der Waals surface area contributed by atoms with Crippen molar-refractivity contribution in [2.24, 2.45) is 0 Å². The van der Waals surface area contributed by atoms with Crippen LogP contribution in [0, 0.1) is 0 Å². The Kier molecular flexibility index (Phi) is 3.91.